The first kappa shape index (κ1) is 11.7. The van der Waals surface area contributed by atoms with Crippen LogP contribution in [-0.4, -0.2) is 21.6 Å². The number of rotatable bonds is 2. The molecule has 0 bridgehead atoms. The number of phenolic OH excluding ortho intramolecular Hbond substituents is 1. The fourth-order valence-corrected chi connectivity index (χ4v) is 2.11. The van der Waals surface area contributed by atoms with Crippen LogP contribution in [0.3, 0.4) is 0 Å². The summed E-state index contributed by atoms with van der Waals surface area (Å²) in [7, 11) is 0. The molecule has 0 spiro atoms. The van der Waals surface area contributed by atoms with Gasteiger partial charge in [0.1, 0.15) is 5.75 Å². The number of benzene rings is 1. The van der Waals surface area contributed by atoms with Gasteiger partial charge in [0.15, 0.2) is 0 Å². The van der Waals surface area contributed by atoms with E-state index in [-0.39, 0.29) is 11.3 Å². The molecule has 0 saturated heterocycles. The molecule has 6 nitrogen and oxygen atoms in total. The van der Waals surface area contributed by atoms with Crippen molar-refractivity contribution in [3.05, 3.63) is 45.9 Å². The first-order valence-electron chi connectivity index (χ1n) is 6.11. The van der Waals surface area contributed by atoms with Crippen molar-refractivity contribution in [2.45, 2.75) is 13.0 Å². The van der Waals surface area contributed by atoms with Crippen LogP contribution in [0.4, 0.5) is 11.6 Å². The monoisotopic (exact) mass is 258 g/mol. The molecule has 1 aromatic carbocycles. The average molecular weight is 258 g/mol. The minimum Gasteiger partial charge on any atom is -0.508 e. The number of H-pyrrole nitrogens is 1. The van der Waals surface area contributed by atoms with Crippen molar-refractivity contribution in [1.29, 1.82) is 0 Å². The standard InChI is InChI=1S/C13H14N4O2/c18-9-3-1-8(2-4-9)15-13-16-11-7-14-6-5-10(11)12(19)17-13/h1-4,14,18H,5-7H2,(H2,15,16,17,19). The fraction of sp³-hybridized carbons (Fsp3) is 0.231. The second-order valence-corrected chi connectivity index (χ2v) is 4.44. The van der Waals surface area contributed by atoms with Crippen LogP contribution >= 0.6 is 0 Å². The lowest BCUT2D eigenvalue weighted by atomic mass is 10.1. The third-order valence-corrected chi connectivity index (χ3v) is 3.08. The lowest BCUT2D eigenvalue weighted by Gasteiger charge is -2.16. The number of nitrogens with one attached hydrogen (secondary N) is 3. The van der Waals surface area contributed by atoms with Gasteiger partial charge >= 0.3 is 0 Å². The van der Waals surface area contributed by atoms with E-state index in [9.17, 15) is 9.90 Å². The number of anilines is 2. The molecule has 0 aliphatic carbocycles. The zero-order valence-electron chi connectivity index (χ0n) is 10.2. The molecule has 3 rings (SSSR count). The van der Waals surface area contributed by atoms with Gasteiger partial charge in [-0.15, -0.1) is 0 Å². The Balaban J connectivity index is 1.91. The Labute approximate surface area is 109 Å². The van der Waals surface area contributed by atoms with Crippen LogP contribution in [0.5, 0.6) is 5.75 Å². The number of phenols is 1. The Morgan fingerprint density at radius 1 is 1.26 bits per heavy atom. The Kier molecular flexibility index (Phi) is 2.92. The molecule has 6 heteroatoms. The number of hydrogen-bond donors (Lipinski definition) is 4. The van der Waals surface area contributed by atoms with Crippen molar-refractivity contribution in [2.24, 2.45) is 0 Å². The zero-order valence-corrected chi connectivity index (χ0v) is 10.2. The van der Waals surface area contributed by atoms with Crippen LogP contribution in [-0.2, 0) is 13.0 Å². The summed E-state index contributed by atoms with van der Waals surface area (Å²) in [5.74, 6) is 0.611. The molecular weight excluding hydrogens is 244 g/mol. The minimum absolute atomic E-state index is 0.0900. The highest BCUT2D eigenvalue weighted by atomic mass is 16.3. The molecular formula is C13H14N4O2. The number of hydrogen-bond acceptors (Lipinski definition) is 5. The third kappa shape index (κ3) is 2.43. The van der Waals surface area contributed by atoms with Crippen molar-refractivity contribution in [3.8, 4) is 5.75 Å². The molecule has 1 aliphatic rings. The second-order valence-electron chi connectivity index (χ2n) is 4.44. The van der Waals surface area contributed by atoms with Gasteiger partial charge in [-0.3, -0.25) is 9.78 Å². The molecule has 2 aromatic rings. The van der Waals surface area contributed by atoms with E-state index < -0.39 is 0 Å². The Morgan fingerprint density at radius 2 is 2.05 bits per heavy atom. The van der Waals surface area contributed by atoms with Crippen LogP contribution < -0.4 is 16.2 Å². The predicted molar refractivity (Wildman–Crippen MR) is 71.7 cm³/mol. The maximum absolute atomic E-state index is 11.9. The van der Waals surface area contributed by atoms with E-state index >= 15 is 0 Å². The van der Waals surface area contributed by atoms with E-state index in [0.717, 1.165) is 23.5 Å². The summed E-state index contributed by atoms with van der Waals surface area (Å²) in [5, 5.41) is 15.4. The molecule has 0 unspecified atom stereocenters. The summed E-state index contributed by atoms with van der Waals surface area (Å²) in [4.78, 5) is 19.1. The van der Waals surface area contributed by atoms with Gasteiger partial charge in [-0.1, -0.05) is 0 Å². The van der Waals surface area contributed by atoms with Gasteiger partial charge in [0.05, 0.1) is 5.69 Å². The normalized spacial score (nSPS) is 13.9. The minimum atomic E-state index is -0.0900. The van der Waals surface area contributed by atoms with Crippen molar-refractivity contribution in [3.63, 3.8) is 0 Å². The Hall–Kier alpha value is -2.34. The molecule has 4 N–H and O–H groups in total. The molecule has 1 aliphatic heterocycles. The highest BCUT2D eigenvalue weighted by Crippen LogP contribution is 2.17. The largest absolute Gasteiger partial charge is 0.508 e. The number of aromatic hydroxyl groups is 1. The maximum Gasteiger partial charge on any atom is 0.255 e. The molecule has 1 aromatic heterocycles. The lowest BCUT2D eigenvalue weighted by molar-refractivity contribution is 0.475. The van der Waals surface area contributed by atoms with E-state index in [2.05, 4.69) is 20.6 Å². The summed E-state index contributed by atoms with van der Waals surface area (Å²) in [5.41, 5.74) is 2.21. The van der Waals surface area contributed by atoms with Crippen LogP contribution in [0.1, 0.15) is 11.3 Å². The molecule has 98 valence electrons. The van der Waals surface area contributed by atoms with Crippen molar-refractivity contribution >= 4 is 11.6 Å². The first-order valence-corrected chi connectivity index (χ1v) is 6.11. The van der Waals surface area contributed by atoms with Crippen LogP contribution in [0.15, 0.2) is 29.1 Å². The lowest BCUT2D eigenvalue weighted by Crippen LogP contribution is -2.31. The van der Waals surface area contributed by atoms with Crippen molar-refractivity contribution < 1.29 is 5.11 Å². The highest BCUT2D eigenvalue weighted by molar-refractivity contribution is 5.54. The van der Waals surface area contributed by atoms with Gasteiger partial charge in [-0.2, -0.15) is 0 Å². The van der Waals surface area contributed by atoms with Crippen LogP contribution in [0.2, 0.25) is 0 Å². The molecule has 0 amide bonds. The summed E-state index contributed by atoms with van der Waals surface area (Å²) >= 11 is 0. The summed E-state index contributed by atoms with van der Waals surface area (Å²) in [6.45, 7) is 1.42. The molecule has 0 atom stereocenters. The fourth-order valence-electron chi connectivity index (χ4n) is 2.11. The van der Waals surface area contributed by atoms with E-state index in [1.807, 2.05) is 0 Å². The van der Waals surface area contributed by atoms with Gasteiger partial charge in [0, 0.05) is 17.8 Å². The van der Waals surface area contributed by atoms with E-state index in [0.29, 0.717) is 18.9 Å². The SMILES string of the molecule is O=c1[nH]c(Nc2ccc(O)cc2)nc2c1CCNC2. The van der Waals surface area contributed by atoms with Gasteiger partial charge in [0.2, 0.25) is 5.95 Å². The average Bonchev–Trinajstić information content (AvgIpc) is 2.42. The van der Waals surface area contributed by atoms with Gasteiger partial charge in [0.25, 0.3) is 5.56 Å². The predicted octanol–water partition coefficient (Wildman–Crippen LogP) is 0.865. The summed E-state index contributed by atoms with van der Waals surface area (Å²) in [6, 6.07) is 6.57. The van der Waals surface area contributed by atoms with Crippen LogP contribution in [0.25, 0.3) is 0 Å². The summed E-state index contributed by atoms with van der Waals surface area (Å²) in [6.07, 6.45) is 0.706. The van der Waals surface area contributed by atoms with E-state index in [1.165, 1.54) is 0 Å². The molecule has 0 saturated carbocycles. The maximum atomic E-state index is 11.9. The quantitative estimate of drug-likeness (QED) is 0.600. The van der Waals surface area contributed by atoms with Gasteiger partial charge in [-0.05, 0) is 37.2 Å². The third-order valence-electron chi connectivity index (χ3n) is 3.08. The number of aromatic nitrogens is 2. The smallest absolute Gasteiger partial charge is 0.255 e. The molecule has 0 radical (unpaired) electrons. The van der Waals surface area contributed by atoms with Gasteiger partial charge < -0.3 is 15.7 Å². The molecule has 0 fully saturated rings. The molecule has 19 heavy (non-hydrogen) atoms. The zero-order chi connectivity index (χ0) is 13.2. The van der Waals surface area contributed by atoms with Gasteiger partial charge in [-0.25, -0.2) is 4.98 Å². The first-order chi connectivity index (χ1) is 9.22. The summed E-state index contributed by atoms with van der Waals surface area (Å²) < 4.78 is 0. The second kappa shape index (κ2) is 4.74. The Bertz CT molecular complexity index is 649. The van der Waals surface area contributed by atoms with Crippen LogP contribution in [0, 0.1) is 0 Å². The highest BCUT2D eigenvalue weighted by Gasteiger charge is 2.14. The van der Waals surface area contributed by atoms with E-state index in [1.54, 1.807) is 24.3 Å². The number of aromatic amines is 1. The number of fused-ring (bicyclic) bond motifs is 1. The molecule has 2 heterocycles. The van der Waals surface area contributed by atoms with Crippen molar-refractivity contribution in [2.75, 3.05) is 11.9 Å². The van der Waals surface area contributed by atoms with Crippen molar-refractivity contribution in [1.82, 2.24) is 15.3 Å². The topological polar surface area (TPSA) is 90.0 Å². The van der Waals surface area contributed by atoms with E-state index in [4.69, 9.17) is 0 Å². The number of nitrogens with zero attached hydrogens (tertiary/aromatic N) is 1. The Morgan fingerprint density at radius 3 is 2.84 bits per heavy atom.